The maximum atomic E-state index is 8.99. The Morgan fingerprint density at radius 2 is 1.14 bits per heavy atom. The van der Waals surface area contributed by atoms with Gasteiger partial charge in [0.2, 0.25) is 0 Å². The largest absolute Gasteiger partial charge is 0.376 e. The van der Waals surface area contributed by atoms with Gasteiger partial charge in [-0.2, -0.15) is 0 Å². The molecule has 0 saturated heterocycles. The van der Waals surface area contributed by atoms with E-state index < -0.39 is 6.04 Å². The molecule has 0 saturated carbocycles. The molecule has 2 nitrogen and oxygen atoms in total. The van der Waals surface area contributed by atoms with Crippen LogP contribution in [0.5, 0.6) is 0 Å². The van der Waals surface area contributed by atoms with Crippen LogP contribution in [0, 0.1) is 0 Å². The third kappa shape index (κ3) is 3.61. The van der Waals surface area contributed by atoms with E-state index in [1.807, 2.05) is 36.4 Å². The SMILES string of the molecule is [2H]c1c([2H])c([2H])c(-c2cc3ccccc3cc2N2c3ccccc3B3c4c(cccc42)-c2ccccc2N3c2ccccc2)c([2H])c1[2H]. The van der Waals surface area contributed by atoms with Gasteiger partial charge in [0.25, 0.3) is 0 Å². The molecule has 2 aliphatic rings. The highest BCUT2D eigenvalue weighted by molar-refractivity contribution is 6.93. The van der Waals surface area contributed by atoms with Gasteiger partial charge >= 0.3 is 6.85 Å². The van der Waals surface area contributed by atoms with E-state index >= 15 is 0 Å². The number of hydrogen-bond donors (Lipinski definition) is 0. The molecule has 0 aromatic heterocycles. The van der Waals surface area contributed by atoms with Crippen molar-refractivity contribution >= 4 is 57.0 Å². The summed E-state index contributed by atoms with van der Waals surface area (Å²) in [7, 11) is 0. The molecular weight excluding hydrogens is 519 g/mol. The lowest BCUT2D eigenvalue weighted by Crippen LogP contribution is -2.61. The number of fused-ring (bicyclic) bond motifs is 5. The lowest BCUT2D eigenvalue weighted by atomic mass is 9.43. The first-order chi connectivity index (χ1) is 23.4. The van der Waals surface area contributed by atoms with Crippen LogP contribution in [0.4, 0.5) is 28.4 Å². The average molecular weight is 552 g/mol. The van der Waals surface area contributed by atoms with Gasteiger partial charge in [-0.25, -0.2) is 0 Å². The predicted octanol–water partition coefficient (Wildman–Crippen LogP) is 9.21. The van der Waals surface area contributed by atoms with E-state index in [0.717, 1.165) is 61.3 Å². The molecule has 7 aromatic rings. The van der Waals surface area contributed by atoms with Crippen molar-refractivity contribution in [1.29, 1.82) is 0 Å². The standard InChI is InChI=1S/C40H27BN2/c1-3-14-28(15-4-1)34-26-29-16-7-8-17-30(29)27-39(34)42-37-24-12-10-22-35(37)41-40-33(21-13-25-38(40)42)32-20-9-11-23-36(32)43(41)31-18-5-2-6-19-31/h1-27H/i1D,3D,4D,14D,15D. The molecule has 0 aliphatic carbocycles. The Kier molecular flexibility index (Phi) is 4.32. The van der Waals surface area contributed by atoms with Crippen molar-refractivity contribution in [2.75, 3.05) is 9.71 Å². The topological polar surface area (TPSA) is 6.48 Å². The molecule has 3 heteroatoms. The molecule has 9 rings (SSSR count). The van der Waals surface area contributed by atoms with Crippen LogP contribution in [-0.2, 0) is 0 Å². The van der Waals surface area contributed by atoms with Crippen LogP contribution in [0.1, 0.15) is 6.85 Å². The fourth-order valence-electron chi connectivity index (χ4n) is 6.93. The quantitative estimate of drug-likeness (QED) is 0.202. The van der Waals surface area contributed by atoms with Crippen molar-refractivity contribution in [2.24, 2.45) is 0 Å². The van der Waals surface area contributed by atoms with Crippen LogP contribution in [0.25, 0.3) is 33.0 Å². The Bertz CT molecular complexity index is 2420. The minimum absolute atomic E-state index is 0.134. The zero-order valence-corrected chi connectivity index (χ0v) is 23.2. The molecule has 2 heterocycles. The normalized spacial score (nSPS) is 14.6. The highest BCUT2D eigenvalue weighted by Gasteiger charge is 2.44. The summed E-state index contributed by atoms with van der Waals surface area (Å²) < 4.78 is 43.3. The maximum Gasteiger partial charge on any atom is 0.333 e. The van der Waals surface area contributed by atoms with Crippen LogP contribution in [0.2, 0.25) is 0 Å². The monoisotopic (exact) mass is 551 g/mol. The van der Waals surface area contributed by atoms with Crippen LogP contribution >= 0.6 is 0 Å². The van der Waals surface area contributed by atoms with Crippen molar-refractivity contribution in [2.45, 2.75) is 0 Å². The van der Waals surface area contributed by atoms with Gasteiger partial charge in [-0.1, -0.05) is 121 Å². The molecule has 2 aliphatic heterocycles. The Hall–Kier alpha value is -5.54. The number of benzene rings is 7. The second kappa shape index (κ2) is 9.50. The van der Waals surface area contributed by atoms with Gasteiger partial charge in [0.05, 0.1) is 12.5 Å². The lowest BCUT2D eigenvalue weighted by molar-refractivity contribution is 1.27. The number of anilines is 5. The number of para-hydroxylation sites is 3. The first-order valence-corrected chi connectivity index (χ1v) is 14.5. The fourth-order valence-corrected chi connectivity index (χ4v) is 6.93. The zero-order chi connectivity index (χ0) is 32.7. The van der Waals surface area contributed by atoms with E-state index in [1.165, 1.54) is 0 Å². The molecule has 0 atom stereocenters. The van der Waals surface area contributed by atoms with E-state index in [4.69, 9.17) is 6.85 Å². The van der Waals surface area contributed by atoms with E-state index in [-0.39, 0.29) is 36.6 Å². The Morgan fingerprint density at radius 1 is 0.488 bits per heavy atom. The minimum atomic E-state index is -0.404. The second-order valence-corrected chi connectivity index (χ2v) is 11.0. The maximum absolute atomic E-state index is 8.99. The number of hydrogen-bond acceptors (Lipinski definition) is 2. The van der Waals surface area contributed by atoms with Gasteiger partial charge in [-0.15, -0.1) is 0 Å². The molecule has 200 valence electrons. The molecule has 0 spiro atoms. The summed E-state index contributed by atoms with van der Waals surface area (Å²) in [5, 5.41) is 1.91. The smallest absolute Gasteiger partial charge is 0.333 e. The summed E-state index contributed by atoms with van der Waals surface area (Å²) in [6.45, 7) is -0.134. The third-order valence-corrected chi connectivity index (χ3v) is 8.69. The Labute approximate surface area is 259 Å². The first-order valence-electron chi connectivity index (χ1n) is 17.0. The number of rotatable bonds is 3. The summed E-state index contributed by atoms with van der Waals surface area (Å²) in [6.07, 6.45) is 0. The summed E-state index contributed by atoms with van der Waals surface area (Å²) in [6, 6.07) is 44.4. The molecule has 7 aromatic carbocycles. The van der Waals surface area contributed by atoms with E-state index in [2.05, 4.69) is 107 Å². The Morgan fingerprint density at radius 3 is 1.98 bits per heavy atom. The average Bonchev–Trinajstić information content (AvgIpc) is 3.13. The van der Waals surface area contributed by atoms with Gasteiger partial charge in [-0.3, -0.25) is 0 Å². The van der Waals surface area contributed by atoms with Gasteiger partial charge in [0.1, 0.15) is 0 Å². The van der Waals surface area contributed by atoms with Crippen molar-refractivity contribution in [3.63, 3.8) is 0 Å². The molecular formula is C40H27BN2. The highest BCUT2D eigenvalue weighted by Crippen LogP contribution is 2.48. The molecule has 0 unspecified atom stereocenters. The first kappa shape index (κ1) is 19.6. The van der Waals surface area contributed by atoms with Crippen molar-refractivity contribution in [3.05, 3.63) is 164 Å². The van der Waals surface area contributed by atoms with E-state index in [0.29, 0.717) is 5.56 Å². The van der Waals surface area contributed by atoms with Gasteiger partial charge in [0.15, 0.2) is 0 Å². The number of nitrogens with zero attached hydrogens (tertiary/aromatic N) is 2. The summed E-state index contributed by atoms with van der Waals surface area (Å²) in [5.74, 6) is 0. The predicted molar refractivity (Wildman–Crippen MR) is 183 cm³/mol. The van der Waals surface area contributed by atoms with Crippen LogP contribution in [0.3, 0.4) is 0 Å². The zero-order valence-electron chi connectivity index (χ0n) is 28.2. The van der Waals surface area contributed by atoms with Crippen LogP contribution in [0.15, 0.2) is 164 Å². The van der Waals surface area contributed by atoms with Gasteiger partial charge in [0, 0.05) is 33.9 Å². The van der Waals surface area contributed by atoms with Gasteiger partial charge in [-0.05, 0) is 75.3 Å². The molecule has 0 radical (unpaired) electrons. The molecule has 0 bridgehead atoms. The van der Waals surface area contributed by atoms with Crippen LogP contribution < -0.4 is 20.6 Å². The molecule has 0 amide bonds. The lowest BCUT2D eigenvalue weighted by Gasteiger charge is -2.46. The molecule has 0 fully saturated rings. The summed E-state index contributed by atoms with van der Waals surface area (Å²) in [4.78, 5) is 4.65. The molecule has 43 heavy (non-hydrogen) atoms. The third-order valence-electron chi connectivity index (χ3n) is 8.69. The Balaban J connectivity index is 1.40. The van der Waals surface area contributed by atoms with Gasteiger partial charge < -0.3 is 9.71 Å². The second-order valence-electron chi connectivity index (χ2n) is 11.0. The van der Waals surface area contributed by atoms with E-state index in [9.17, 15) is 0 Å². The fraction of sp³-hybridized carbons (Fsp3) is 0. The minimum Gasteiger partial charge on any atom is -0.376 e. The highest BCUT2D eigenvalue weighted by atomic mass is 15.2. The summed E-state index contributed by atoms with van der Waals surface area (Å²) >= 11 is 0. The van der Waals surface area contributed by atoms with Crippen molar-refractivity contribution < 1.29 is 6.85 Å². The summed E-state index contributed by atoms with van der Waals surface area (Å²) in [5.41, 5.74) is 10.2. The van der Waals surface area contributed by atoms with Crippen molar-refractivity contribution in [1.82, 2.24) is 0 Å². The van der Waals surface area contributed by atoms with Crippen LogP contribution in [-0.4, -0.2) is 6.85 Å². The van der Waals surface area contributed by atoms with Crippen molar-refractivity contribution in [3.8, 4) is 22.3 Å². The molecule has 0 N–H and O–H groups in total. The van der Waals surface area contributed by atoms with E-state index in [1.54, 1.807) is 0 Å².